The average molecular weight is 256 g/mol. The number of rotatable bonds is 5. The van der Waals surface area contributed by atoms with Gasteiger partial charge in [0.1, 0.15) is 5.01 Å². The molecule has 0 bridgehead atoms. The zero-order chi connectivity index (χ0) is 12.3. The summed E-state index contributed by atoms with van der Waals surface area (Å²) < 4.78 is 0. The van der Waals surface area contributed by atoms with Gasteiger partial charge in [-0.2, -0.15) is 0 Å². The number of nitrogens with one attached hydrogen (secondary N) is 1. The summed E-state index contributed by atoms with van der Waals surface area (Å²) in [7, 11) is 0. The van der Waals surface area contributed by atoms with Crippen LogP contribution in [0.5, 0.6) is 0 Å². The molecule has 0 atom stereocenters. The van der Waals surface area contributed by atoms with Crippen LogP contribution in [0.1, 0.15) is 18.4 Å². The summed E-state index contributed by atoms with van der Waals surface area (Å²) in [6.45, 7) is 3.53. The molecule has 17 heavy (non-hydrogen) atoms. The molecule has 1 fully saturated rings. The second-order valence-electron chi connectivity index (χ2n) is 4.15. The second kappa shape index (κ2) is 5.52. The maximum Gasteiger partial charge on any atom is 0.240 e. The van der Waals surface area contributed by atoms with Gasteiger partial charge in [-0.15, -0.1) is 10.2 Å². The number of amides is 1. The normalized spacial score (nSPS) is 16.8. The Bertz CT molecular complexity index is 389. The first kappa shape index (κ1) is 12.4. The summed E-state index contributed by atoms with van der Waals surface area (Å²) in [5.41, 5.74) is 0. The molecule has 1 amide bonds. The Hall–Kier alpha value is -1.05. The Morgan fingerprint density at radius 1 is 1.59 bits per heavy atom. The van der Waals surface area contributed by atoms with Crippen molar-refractivity contribution in [3.63, 3.8) is 0 Å². The number of aryl methyl sites for hydroxylation is 1. The van der Waals surface area contributed by atoms with Crippen molar-refractivity contribution >= 4 is 22.4 Å². The summed E-state index contributed by atoms with van der Waals surface area (Å²) in [6.07, 6.45) is 1.64. The van der Waals surface area contributed by atoms with Crippen molar-refractivity contribution in [1.82, 2.24) is 15.1 Å². The lowest BCUT2D eigenvalue weighted by atomic mass is 10.2. The van der Waals surface area contributed by atoms with E-state index in [1.54, 1.807) is 0 Å². The van der Waals surface area contributed by atoms with Gasteiger partial charge in [-0.25, -0.2) is 0 Å². The zero-order valence-corrected chi connectivity index (χ0v) is 10.5. The minimum atomic E-state index is -0.277. The molecule has 2 rings (SSSR count). The van der Waals surface area contributed by atoms with Gasteiger partial charge < -0.3 is 5.11 Å². The van der Waals surface area contributed by atoms with Gasteiger partial charge >= 0.3 is 0 Å². The van der Waals surface area contributed by atoms with Crippen molar-refractivity contribution in [2.24, 2.45) is 0 Å². The van der Waals surface area contributed by atoms with Crippen molar-refractivity contribution in [3.05, 3.63) is 5.01 Å². The van der Waals surface area contributed by atoms with Gasteiger partial charge in [0.05, 0.1) is 12.6 Å². The maximum absolute atomic E-state index is 11.6. The fourth-order valence-electron chi connectivity index (χ4n) is 1.65. The number of anilines is 1. The van der Waals surface area contributed by atoms with Gasteiger partial charge in [0.2, 0.25) is 11.0 Å². The molecule has 1 saturated heterocycles. The number of hydrogen-bond acceptors (Lipinski definition) is 6. The van der Waals surface area contributed by atoms with E-state index in [1.165, 1.54) is 11.3 Å². The molecule has 0 aromatic carbocycles. The van der Waals surface area contributed by atoms with Crippen LogP contribution in [0.4, 0.5) is 5.13 Å². The Morgan fingerprint density at radius 2 is 2.35 bits per heavy atom. The van der Waals surface area contributed by atoms with E-state index in [1.807, 2.05) is 4.90 Å². The minimum Gasteiger partial charge on any atom is -0.390 e. The van der Waals surface area contributed by atoms with E-state index in [-0.39, 0.29) is 12.0 Å². The highest BCUT2D eigenvalue weighted by molar-refractivity contribution is 7.15. The van der Waals surface area contributed by atoms with Crippen LogP contribution in [-0.2, 0) is 11.2 Å². The molecule has 2 N–H and O–H groups in total. The Kier molecular flexibility index (Phi) is 4.03. The first-order valence-corrected chi connectivity index (χ1v) is 6.51. The molecule has 0 saturated carbocycles. The number of aromatic nitrogens is 2. The van der Waals surface area contributed by atoms with Crippen LogP contribution in [0.15, 0.2) is 0 Å². The SMILES string of the molecule is CCCc1nnc(NC(=O)CN2CC(O)C2)s1. The maximum atomic E-state index is 11.6. The monoisotopic (exact) mass is 256 g/mol. The number of carbonyl (C=O) groups is 1. The van der Waals surface area contributed by atoms with E-state index in [4.69, 9.17) is 5.11 Å². The van der Waals surface area contributed by atoms with Crippen molar-refractivity contribution in [1.29, 1.82) is 0 Å². The third-order valence-corrected chi connectivity index (χ3v) is 3.38. The molecule has 1 aliphatic rings. The smallest absolute Gasteiger partial charge is 0.240 e. The van der Waals surface area contributed by atoms with Crippen LogP contribution in [-0.4, -0.2) is 51.8 Å². The van der Waals surface area contributed by atoms with Crippen LogP contribution in [0.3, 0.4) is 0 Å². The number of aliphatic hydroxyl groups excluding tert-OH is 1. The van der Waals surface area contributed by atoms with E-state index < -0.39 is 0 Å². The summed E-state index contributed by atoms with van der Waals surface area (Å²) in [4.78, 5) is 13.5. The Balaban J connectivity index is 1.77. The molecule has 2 heterocycles. The molecule has 0 unspecified atom stereocenters. The van der Waals surface area contributed by atoms with Gasteiger partial charge in [0, 0.05) is 19.5 Å². The van der Waals surface area contributed by atoms with E-state index >= 15 is 0 Å². The van der Waals surface area contributed by atoms with Crippen LogP contribution < -0.4 is 5.32 Å². The summed E-state index contributed by atoms with van der Waals surface area (Å²) in [5, 5.41) is 21.2. The van der Waals surface area contributed by atoms with Crippen LogP contribution in [0, 0.1) is 0 Å². The topological polar surface area (TPSA) is 78.4 Å². The van der Waals surface area contributed by atoms with E-state index in [0.29, 0.717) is 24.8 Å². The first-order valence-electron chi connectivity index (χ1n) is 5.70. The molecule has 0 aliphatic carbocycles. The predicted octanol–water partition coefficient (Wildman–Crippen LogP) is 0.106. The molecule has 7 heteroatoms. The number of likely N-dealkylation sites (tertiary alicyclic amines) is 1. The molecule has 1 aliphatic heterocycles. The van der Waals surface area contributed by atoms with Crippen molar-refractivity contribution in [3.8, 4) is 0 Å². The second-order valence-corrected chi connectivity index (χ2v) is 5.21. The fraction of sp³-hybridized carbons (Fsp3) is 0.700. The highest BCUT2D eigenvalue weighted by Gasteiger charge is 2.26. The number of carbonyl (C=O) groups excluding carboxylic acids is 1. The lowest BCUT2D eigenvalue weighted by molar-refractivity contribution is -0.119. The average Bonchev–Trinajstić information content (AvgIpc) is 2.64. The van der Waals surface area contributed by atoms with E-state index in [0.717, 1.165) is 17.8 Å². The van der Waals surface area contributed by atoms with E-state index in [2.05, 4.69) is 22.4 Å². The standard InChI is InChI=1S/C10H16N4O2S/c1-2-3-9-12-13-10(17-9)11-8(16)6-14-4-7(15)5-14/h7,15H,2-6H2,1H3,(H,11,13,16). The van der Waals surface area contributed by atoms with Crippen LogP contribution >= 0.6 is 11.3 Å². The summed E-state index contributed by atoms with van der Waals surface area (Å²) in [6, 6.07) is 0. The predicted molar refractivity (Wildman–Crippen MR) is 65.0 cm³/mol. The highest BCUT2D eigenvalue weighted by Crippen LogP contribution is 2.16. The molecular formula is C10H16N4O2S. The fourth-order valence-corrected chi connectivity index (χ4v) is 2.51. The van der Waals surface area contributed by atoms with Gasteiger partial charge in [0.25, 0.3) is 0 Å². The zero-order valence-electron chi connectivity index (χ0n) is 9.72. The highest BCUT2D eigenvalue weighted by atomic mass is 32.1. The van der Waals surface area contributed by atoms with Crippen molar-refractivity contribution in [2.45, 2.75) is 25.9 Å². The molecule has 1 aromatic rings. The van der Waals surface area contributed by atoms with Crippen molar-refractivity contribution < 1.29 is 9.90 Å². The third kappa shape index (κ3) is 3.45. The van der Waals surface area contributed by atoms with Gasteiger partial charge in [-0.1, -0.05) is 18.3 Å². The molecule has 1 aromatic heterocycles. The summed E-state index contributed by atoms with van der Waals surface area (Å²) in [5.74, 6) is -0.101. The molecule has 0 spiro atoms. The number of β-amino-alcohol motifs (C(OH)–C–C–N with tert-alkyl or cyclic N) is 1. The third-order valence-electron chi connectivity index (χ3n) is 2.48. The lowest BCUT2D eigenvalue weighted by Crippen LogP contribution is -2.53. The molecule has 6 nitrogen and oxygen atoms in total. The van der Waals surface area contributed by atoms with Gasteiger partial charge in [-0.05, 0) is 6.42 Å². The largest absolute Gasteiger partial charge is 0.390 e. The molecular weight excluding hydrogens is 240 g/mol. The summed E-state index contributed by atoms with van der Waals surface area (Å²) >= 11 is 1.42. The quantitative estimate of drug-likeness (QED) is 0.781. The van der Waals surface area contributed by atoms with Crippen LogP contribution in [0.25, 0.3) is 0 Å². The van der Waals surface area contributed by atoms with Gasteiger partial charge in [0.15, 0.2) is 0 Å². The van der Waals surface area contributed by atoms with E-state index in [9.17, 15) is 4.79 Å². The van der Waals surface area contributed by atoms with Crippen LogP contribution in [0.2, 0.25) is 0 Å². The Labute approximate surface area is 104 Å². The number of hydrogen-bond donors (Lipinski definition) is 2. The van der Waals surface area contributed by atoms with Crippen molar-refractivity contribution in [2.75, 3.05) is 25.0 Å². The molecule has 0 radical (unpaired) electrons. The Morgan fingerprint density at radius 3 is 3.00 bits per heavy atom. The minimum absolute atomic E-state index is 0.101. The molecule has 94 valence electrons. The van der Waals surface area contributed by atoms with Gasteiger partial charge in [-0.3, -0.25) is 15.0 Å². The number of nitrogens with zero attached hydrogens (tertiary/aromatic N) is 3. The first-order chi connectivity index (χ1) is 8.17. The number of aliphatic hydroxyl groups is 1. The lowest BCUT2D eigenvalue weighted by Gasteiger charge is -2.34.